The van der Waals surface area contributed by atoms with Crippen molar-refractivity contribution in [2.75, 3.05) is 12.3 Å². The number of rotatable bonds is 5. The van der Waals surface area contributed by atoms with Crippen LogP contribution in [0.15, 0.2) is 47.3 Å². The highest BCUT2D eigenvalue weighted by molar-refractivity contribution is 5.92. The van der Waals surface area contributed by atoms with Gasteiger partial charge in [0.05, 0.1) is 0 Å². The molecule has 0 saturated heterocycles. The molecule has 110 valence electrons. The number of aromatic nitrogens is 1. The molecule has 0 aliphatic carbocycles. The molecule has 0 aliphatic heterocycles. The quantitative estimate of drug-likeness (QED) is 0.825. The van der Waals surface area contributed by atoms with E-state index in [1.807, 2.05) is 31.2 Å². The molecule has 0 atom stereocenters. The van der Waals surface area contributed by atoms with Gasteiger partial charge in [0.2, 0.25) is 5.56 Å². The standard InChI is InChI=1S/C16H19N3O2/c1-2-10-19(11-12-6-8-13(17)9-7-12)16(21)14-4-3-5-15(20)18-14/h3-9H,2,10-11,17H2,1H3,(H,18,20). The second-order valence-electron chi connectivity index (χ2n) is 4.90. The Labute approximate surface area is 123 Å². The van der Waals surface area contributed by atoms with Crippen molar-refractivity contribution in [3.05, 3.63) is 64.1 Å². The Kier molecular flexibility index (Phi) is 4.77. The largest absolute Gasteiger partial charge is 0.399 e. The van der Waals surface area contributed by atoms with Gasteiger partial charge in [-0.25, -0.2) is 0 Å². The average Bonchev–Trinajstić information content (AvgIpc) is 2.48. The summed E-state index contributed by atoms with van der Waals surface area (Å²) in [6, 6.07) is 12.0. The van der Waals surface area contributed by atoms with Gasteiger partial charge in [0.1, 0.15) is 5.69 Å². The summed E-state index contributed by atoms with van der Waals surface area (Å²) in [6.07, 6.45) is 0.845. The smallest absolute Gasteiger partial charge is 0.270 e. The minimum absolute atomic E-state index is 0.175. The maximum Gasteiger partial charge on any atom is 0.270 e. The Morgan fingerprint density at radius 1 is 1.19 bits per heavy atom. The molecule has 1 aromatic carbocycles. The lowest BCUT2D eigenvalue weighted by Gasteiger charge is -2.22. The highest BCUT2D eigenvalue weighted by Gasteiger charge is 2.16. The van der Waals surface area contributed by atoms with Crippen molar-refractivity contribution < 1.29 is 4.79 Å². The summed E-state index contributed by atoms with van der Waals surface area (Å²) in [6.45, 7) is 3.13. The number of nitrogen functional groups attached to an aromatic ring is 1. The summed E-state index contributed by atoms with van der Waals surface area (Å²) in [5.74, 6) is -0.175. The number of hydrogen-bond acceptors (Lipinski definition) is 3. The van der Waals surface area contributed by atoms with Gasteiger partial charge in [0, 0.05) is 24.8 Å². The second-order valence-corrected chi connectivity index (χ2v) is 4.90. The Morgan fingerprint density at radius 2 is 1.90 bits per heavy atom. The molecule has 0 radical (unpaired) electrons. The van der Waals surface area contributed by atoms with Gasteiger partial charge >= 0.3 is 0 Å². The molecule has 5 heteroatoms. The Hall–Kier alpha value is -2.56. The zero-order valence-corrected chi connectivity index (χ0v) is 12.0. The average molecular weight is 285 g/mol. The molecule has 1 heterocycles. The van der Waals surface area contributed by atoms with E-state index in [9.17, 15) is 9.59 Å². The maximum atomic E-state index is 12.5. The summed E-state index contributed by atoms with van der Waals surface area (Å²) >= 11 is 0. The first-order chi connectivity index (χ1) is 10.1. The first-order valence-electron chi connectivity index (χ1n) is 6.93. The molecule has 0 fully saturated rings. The molecule has 2 aromatic rings. The van der Waals surface area contributed by atoms with Gasteiger partial charge in [-0.3, -0.25) is 9.59 Å². The van der Waals surface area contributed by atoms with Gasteiger partial charge in [-0.05, 0) is 30.2 Å². The minimum Gasteiger partial charge on any atom is -0.399 e. The molecule has 0 saturated carbocycles. The first kappa shape index (κ1) is 14.8. The topological polar surface area (TPSA) is 79.2 Å². The van der Waals surface area contributed by atoms with Crippen molar-refractivity contribution in [1.29, 1.82) is 0 Å². The van der Waals surface area contributed by atoms with Crippen molar-refractivity contribution in [3.8, 4) is 0 Å². The van der Waals surface area contributed by atoms with Crippen LogP contribution in [-0.4, -0.2) is 22.3 Å². The van der Waals surface area contributed by atoms with E-state index in [0.717, 1.165) is 12.0 Å². The lowest BCUT2D eigenvalue weighted by molar-refractivity contribution is 0.0737. The van der Waals surface area contributed by atoms with Crippen LogP contribution in [0.5, 0.6) is 0 Å². The molecule has 1 aromatic heterocycles. The summed E-state index contributed by atoms with van der Waals surface area (Å²) < 4.78 is 0. The van der Waals surface area contributed by atoms with Gasteiger partial charge in [-0.15, -0.1) is 0 Å². The van der Waals surface area contributed by atoms with E-state index in [0.29, 0.717) is 24.5 Å². The Bertz CT molecular complexity index is 662. The summed E-state index contributed by atoms with van der Waals surface area (Å²) in [7, 11) is 0. The summed E-state index contributed by atoms with van der Waals surface area (Å²) in [5, 5.41) is 0. The van der Waals surface area contributed by atoms with Gasteiger partial charge in [0.15, 0.2) is 0 Å². The molecular formula is C16H19N3O2. The van der Waals surface area contributed by atoms with Crippen LogP contribution >= 0.6 is 0 Å². The molecule has 0 bridgehead atoms. The monoisotopic (exact) mass is 285 g/mol. The number of aromatic amines is 1. The number of benzene rings is 1. The van der Waals surface area contributed by atoms with Crippen LogP contribution in [0.25, 0.3) is 0 Å². The third-order valence-electron chi connectivity index (χ3n) is 3.13. The van der Waals surface area contributed by atoms with E-state index < -0.39 is 0 Å². The van der Waals surface area contributed by atoms with E-state index in [1.54, 1.807) is 17.0 Å². The van der Waals surface area contributed by atoms with Crippen LogP contribution in [-0.2, 0) is 6.54 Å². The SMILES string of the molecule is CCCN(Cc1ccc(N)cc1)C(=O)c1cccc(=O)[nH]1. The molecule has 0 spiro atoms. The maximum absolute atomic E-state index is 12.5. The predicted molar refractivity (Wildman–Crippen MR) is 82.9 cm³/mol. The van der Waals surface area contributed by atoms with Crippen molar-refractivity contribution in [2.24, 2.45) is 0 Å². The van der Waals surface area contributed by atoms with Crippen molar-refractivity contribution in [1.82, 2.24) is 9.88 Å². The van der Waals surface area contributed by atoms with E-state index >= 15 is 0 Å². The predicted octanol–water partition coefficient (Wildman–Crippen LogP) is 2.01. The number of nitrogens with zero attached hydrogens (tertiary/aromatic N) is 1. The fraction of sp³-hybridized carbons (Fsp3) is 0.250. The molecule has 5 nitrogen and oxygen atoms in total. The first-order valence-corrected chi connectivity index (χ1v) is 6.93. The van der Waals surface area contributed by atoms with E-state index in [4.69, 9.17) is 5.73 Å². The van der Waals surface area contributed by atoms with E-state index in [-0.39, 0.29) is 11.5 Å². The number of pyridine rings is 1. The number of carbonyl (C=O) groups is 1. The highest BCUT2D eigenvalue weighted by atomic mass is 16.2. The van der Waals surface area contributed by atoms with Gasteiger partial charge < -0.3 is 15.6 Å². The fourth-order valence-corrected chi connectivity index (χ4v) is 2.11. The van der Waals surface area contributed by atoms with Crippen LogP contribution in [0, 0.1) is 0 Å². The molecule has 0 aliphatic rings. The van der Waals surface area contributed by atoms with Crippen LogP contribution in [0.4, 0.5) is 5.69 Å². The highest BCUT2D eigenvalue weighted by Crippen LogP contribution is 2.11. The van der Waals surface area contributed by atoms with Crippen LogP contribution < -0.4 is 11.3 Å². The lowest BCUT2D eigenvalue weighted by atomic mass is 10.2. The van der Waals surface area contributed by atoms with Crippen LogP contribution in [0.3, 0.4) is 0 Å². The lowest BCUT2D eigenvalue weighted by Crippen LogP contribution is -2.32. The van der Waals surface area contributed by atoms with E-state index in [1.165, 1.54) is 6.07 Å². The summed E-state index contributed by atoms with van der Waals surface area (Å²) in [4.78, 5) is 28.1. The summed E-state index contributed by atoms with van der Waals surface area (Å²) in [5.41, 5.74) is 7.40. The number of carbonyl (C=O) groups excluding carboxylic acids is 1. The third-order valence-corrected chi connectivity index (χ3v) is 3.13. The number of nitrogens with one attached hydrogen (secondary N) is 1. The Morgan fingerprint density at radius 3 is 2.52 bits per heavy atom. The van der Waals surface area contributed by atoms with E-state index in [2.05, 4.69) is 4.98 Å². The van der Waals surface area contributed by atoms with Gasteiger partial charge in [-0.1, -0.05) is 25.1 Å². The fourth-order valence-electron chi connectivity index (χ4n) is 2.11. The van der Waals surface area contributed by atoms with Gasteiger partial charge in [-0.2, -0.15) is 0 Å². The number of anilines is 1. The molecule has 2 rings (SSSR count). The number of hydrogen-bond donors (Lipinski definition) is 2. The Balaban J connectivity index is 2.20. The number of amides is 1. The van der Waals surface area contributed by atoms with Gasteiger partial charge in [0.25, 0.3) is 5.91 Å². The van der Waals surface area contributed by atoms with Crippen LogP contribution in [0.2, 0.25) is 0 Å². The third kappa shape index (κ3) is 3.95. The molecule has 3 N–H and O–H groups in total. The van der Waals surface area contributed by atoms with Crippen molar-refractivity contribution in [3.63, 3.8) is 0 Å². The number of nitrogens with two attached hydrogens (primary N) is 1. The minimum atomic E-state index is -0.273. The molecule has 0 unspecified atom stereocenters. The zero-order chi connectivity index (χ0) is 15.2. The van der Waals surface area contributed by atoms with Crippen LogP contribution in [0.1, 0.15) is 29.4 Å². The molecule has 21 heavy (non-hydrogen) atoms. The van der Waals surface area contributed by atoms with Crippen molar-refractivity contribution >= 4 is 11.6 Å². The second kappa shape index (κ2) is 6.74. The van der Waals surface area contributed by atoms with Crippen molar-refractivity contribution in [2.45, 2.75) is 19.9 Å². The zero-order valence-electron chi connectivity index (χ0n) is 12.0. The number of H-pyrrole nitrogens is 1. The molecular weight excluding hydrogens is 266 g/mol. The molecule has 1 amide bonds. The normalized spacial score (nSPS) is 10.3.